The summed E-state index contributed by atoms with van der Waals surface area (Å²) in [5.74, 6) is -1.72. The summed E-state index contributed by atoms with van der Waals surface area (Å²) in [4.78, 5) is 22.6. The summed E-state index contributed by atoms with van der Waals surface area (Å²) in [6.07, 6.45) is 2.79. The van der Waals surface area contributed by atoms with Crippen molar-refractivity contribution in [2.45, 2.75) is 13.5 Å². The molecule has 3 N–H and O–H groups in total. The first-order valence-electron chi connectivity index (χ1n) is 5.84. The third-order valence-corrected chi connectivity index (χ3v) is 2.58. The molecule has 6 nitrogen and oxygen atoms in total. The Kier molecular flexibility index (Phi) is 3.79. The number of aryl methyl sites for hydroxylation is 1. The van der Waals surface area contributed by atoms with Gasteiger partial charge in [0.25, 0.3) is 5.91 Å². The molecule has 0 saturated carbocycles. The van der Waals surface area contributed by atoms with Crippen molar-refractivity contribution in [1.82, 2.24) is 9.78 Å². The molecule has 0 fully saturated rings. The fraction of sp³-hybridized carbons (Fsp3) is 0.154. The average molecular weight is 276 g/mol. The molecule has 0 saturated heterocycles. The first kappa shape index (κ1) is 13.7. The van der Waals surface area contributed by atoms with Gasteiger partial charge in [0.1, 0.15) is 12.4 Å². The number of primary amides is 1. The summed E-state index contributed by atoms with van der Waals surface area (Å²) in [5, 5.41) is 6.34. The first-order chi connectivity index (χ1) is 9.45. The topological polar surface area (TPSA) is 90.0 Å². The second-order valence-electron chi connectivity index (χ2n) is 4.33. The van der Waals surface area contributed by atoms with Crippen LogP contribution < -0.4 is 11.1 Å². The maximum atomic E-state index is 13.6. The molecule has 0 aliphatic heterocycles. The Morgan fingerprint density at radius 1 is 1.45 bits per heavy atom. The van der Waals surface area contributed by atoms with Crippen LogP contribution in [0, 0.1) is 12.7 Å². The average Bonchev–Trinajstić information content (AvgIpc) is 2.75. The summed E-state index contributed by atoms with van der Waals surface area (Å²) < 4.78 is 14.9. The number of halogens is 1. The van der Waals surface area contributed by atoms with Gasteiger partial charge in [0.15, 0.2) is 0 Å². The molecule has 1 aromatic heterocycles. The van der Waals surface area contributed by atoms with Crippen molar-refractivity contribution in [3.05, 3.63) is 47.5 Å². The van der Waals surface area contributed by atoms with Gasteiger partial charge < -0.3 is 11.1 Å². The van der Waals surface area contributed by atoms with Crippen molar-refractivity contribution in [3.63, 3.8) is 0 Å². The first-order valence-corrected chi connectivity index (χ1v) is 5.84. The number of carbonyl (C=O) groups is 2. The number of aromatic nitrogens is 2. The predicted molar refractivity (Wildman–Crippen MR) is 70.5 cm³/mol. The Balaban J connectivity index is 2.11. The zero-order valence-corrected chi connectivity index (χ0v) is 10.8. The number of rotatable bonds is 4. The van der Waals surface area contributed by atoms with Crippen molar-refractivity contribution < 1.29 is 14.0 Å². The molecular weight excluding hydrogens is 263 g/mol. The zero-order valence-electron chi connectivity index (χ0n) is 10.8. The van der Waals surface area contributed by atoms with Gasteiger partial charge in [0.05, 0.1) is 17.4 Å². The number of hydrogen-bond acceptors (Lipinski definition) is 3. The number of benzene rings is 1. The van der Waals surface area contributed by atoms with Crippen molar-refractivity contribution in [2.75, 3.05) is 5.32 Å². The molecule has 104 valence electrons. The number of anilines is 1. The number of nitrogens with one attached hydrogen (secondary N) is 1. The molecule has 0 radical (unpaired) electrons. The molecule has 0 spiro atoms. The lowest BCUT2D eigenvalue weighted by Crippen LogP contribution is -2.18. The minimum absolute atomic E-state index is 0.0572. The quantitative estimate of drug-likeness (QED) is 0.875. The second kappa shape index (κ2) is 5.52. The fourth-order valence-corrected chi connectivity index (χ4v) is 1.68. The molecule has 7 heteroatoms. The molecular formula is C13H13FN4O2. The van der Waals surface area contributed by atoms with Gasteiger partial charge in [-0.15, -0.1) is 0 Å². The van der Waals surface area contributed by atoms with Crippen LogP contribution in [-0.2, 0) is 11.3 Å². The van der Waals surface area contributed by atoms with E-state index in [-0.39, 0.29) is 12.1 Å². The molecule has 0 atom stereocenters. The maximum absolute atomic E-state index is 13.6. The van der Waals surface area contributed by atoms with Crippen molar-refractivity contribution in [3.8, 4) is 0 Å². The predicted octanol–water partition coefficient (Wildman–Crippen LogP) is 1.07. The third-order valence-electron chi connectivity index (χ3n) is 2.58. The number of carbonyl (C=O) groups excluding carboxylic acids is 2. The summed E-state index contributed by atoms with van der Waals surface area (Å²) >= 11 is 0. The summed E-state index contributed by atoms with van der Waals surface area (Å²) in [6, 6.07) is 4.34. The van der Waals surface area contributed by atoms with Crippen LogP contribution in [0.1, 0.15) is 15.9 Å². The molecule has 20 heavy (non-hydrogen) atoms. The fourth-order valence-electron chi connectivity index (χ4n) is 1.68. The standard InChI is InChI=1S/C13H13FN4O2/c1-8-2-3-10(11(14)4-8)13(20)17-9-5-16-18(6-9)7-12(15)19/h2-6H,7H2,1H3,(H2,15,19)(H,17,20). The van der Waals surface area contributed by atoms with E-state index in [2.05, 4.69) is 10.4 Å². The number of nitrogens with zero attached hydrogens (tertiary/aromatic N) is 2. The Hall–Kier alpha value is -2.70. The second-order valence-corrected chi connectivity index (χ2v) is 4.33. The Morgan fingerprint density at radius 2 is 2.20 bits per heavy atom. The van der Waals surface area contributed by atoms with E-state index in [4.69, 9.17) is 5.73 Å². The zero-order chi connectivity index (χ0) is 14.7. The SMILES string of the molecule is Cc1ccc(C(=O)Nc2cnn(CC(N)=O)c2)c(F)c1. The van der Waals surface area contributed by atoms with Gasteiger partial charge in [-0.25, -0.2) is 4.39 Å². The van der Waals surface area contributed by atoms with E-state index in [1.165, 1.54) is 29.2 Å². The van der Waals surface area contributed by atoms with Gasteiger partial charge in [-0.05, 0) is 24.6 Å². The highest BCUT2D eigenvalue weighted by Crippen LogP contribution is 2.13. The highest BCUT2D eigenvalue weighted by Gasteiger charge is 2.12. The summed E-state index contributed by atoms with van der Waals surface area (Å²) in [6.45, 7) is 1.65. The van der Waals surface area contributed by atoms with Crippen molar-refractivity contribution in [1.29, 1.82) is 0 Å². The third kappa shape index (κ3) is 3.19. The van der Waals surface area contributed by atoms with Crippen molar-refractivity contribution >= 4 is 17.5 Å². The van der Waals surface area contributed by atoms with E-state index in [0.29, 0.717) is 5.69 Å². The lowest BCUT2D eigenvalue weighted by atomic mass is 10.1. The lowest BCUT2D eigenvalue weighted by molar-refractivity contribution is -0.118. The van der Waals surface area contributed by atoms with Crippen LogP contribution in [0.3, 0.4) is 0 Å². The molecule has 1 heterocycles. The summed E-state index contributed by atoms with van der Waals surface area (Å²) in [7, 11) is 0. The van der Waals surface area contributed by atoms with E-state index < -0.39 is 17.6 Å². The molecule has 0 unspecified atom stereocenters. The van der Waals surface area contributed by atoms with Gasteiger partial charge in [-0.2, -0.15) is 5.10 Å². The smallest absolute Gasteiger partial charge is 0.258 e. The highest BCUT2D eigenvalue weighted by atomic mass is 19.1. The van der Waals surface area contributed by atoms with Crippen LogP contribution in [0.25, 0.3) is 0 Å². The Bertz CT molecular complexity index is 666. The lowest BCUT2D eigenvalue weighted by Gasteiger charge is -2.04. The molecule has 0 bridgehead atoms. The summed E-state index contributed by atoms with van der Waals surface area (Å²) in [5.41, 5.74) is 6.05. The van der Waals surface area contributed by atoms with Crippen LogP contribution in [0.5, 0.6) is 0 Å². The highest BCUT2D eigenvalue weighted by molar-refractivity contribution is 6.04. The molecule has 0 aliphatic rings. The minimum Gasteiger partial charge on any atom is -0.368 e. The van der Waals surface area contributed by atoms with Crippen LogP contribution >= 0.6 is 0 Å². The van der Waals surface area contributed by atoms with Crippen LogP contribution in [0.4, 0.5) is 10.1 Å². The molecule has 1 aromatic carbocycles. The molecule has 2 rings (SSSR count). The maximum Gasteiger partial charge on any atom is 0.258 e. The van der Waals surface area contributed by atoms with Crippen molar-refractivity contribution in [2.24, 2.45) is 5.73 Å². The number of amides is 2. The van der Waals surface area contributed by atoms with Gasteiger partial charge in [0.2, 0.25) is 5.91 Å². The van der Waals surface area contributed by atoms with Crippen LogP contribution in [0.2, 0.25) is 0 Å². The normalized spacial score (nSPS) is 10.3. The van der Waals surface area contributed by atoms with E-state index in [1.807, 2.05) is 0 Å². The van der Waals surface area contributed by atoms with Crippen LogP contribution in [-0.4, -0.2) is 21.6 Å². The van der Waals surface area contributed by atoms with E-state index in [9.17, 15) is 14.0 Å². The van der Waals surface area contributed by atoms with Gasteiger partial charge >= 0.3 is 0 Å². The van der Waals surface area contributed by atoms with Crippen LogP contribution in [0.15, 0.2) is 30.6 Å². The number of nitrogens with two attached hydrogens (primary N) is 1. The Morgan fingerprint density at radius 3 is 2.85 bits per heavy atom. The van der Waals surface area contributed by atoms with E-state index in [1.54, 1.807) is 13.0 Å². The van der Waals surface area contributed by atoms with Gasteiger partial charge in [0, 0.05) is 6.20 Å². The minimum atomic E-state index is -0.591. The van der Waals surface area contributed by atoms with E-state index >= 15 is 0 Å². The van der Waals surface area contributed by atoms with Gasteiger partial charge in [-0.3, -0.25) is 14.3 Å². The van der Waals surface area contributed by atoms with E-state index in [0.717, 1.165) is 5.56 Å². The number of hydrogen-bond donors (Lipinski definition) is 2. The van der Waals surface area contributed by atoms with Gasteiger partial charge in [-0.1, -0.05) is 6.07 Å². The molecule has 0 aliphatic carbocycles. The monoisotopic (exact) mass is 276 g/mol. The largest absolute Gasteiger partial charge is 0.368 e. The Labute approximate surface area is 114 Å². The molecule has 2 aromatic rings. The molecule has 2 amide bonds.